The second-order valence-corrected chi connectivity index (χ2v) is 9.71. The van der Waals surface area contributed by atoms with Crippen molar-refractivity contribution < 1.29 is 32.9 Å². The number of hydrogen-bond donors (Lipinski definition) is 5. The first kappa shape index (κ1) is 28.3. The fraction of sp³-hybridized carbons (Fsp3) is 0.375. The average molecular weight is 540 g/mol. The van der Waals surface area contributed by atoms with Crippen LogP contribution in [0.15, 0.2) is 41.3 Å². The maximum atomic E-state index is 12.7. The minimum atomic E-state index is -4.69. The van der Waals surface area contributed by atoms with Crippen LogP contribution in [0.1, 0.15) is 30.9 Å². The third-order valence-corrected chi connectivity index (χ3v) is 6.54. The summed E-state index contributed by atoms with van der Waals surface area (Å²) in [6, 6.07) is 8.87. The molecule has 13 heteroatoms. The molecular weight excluding hydrogens is 511 g/mol. The first-order chi connectivity index (χ1) is 17.4. The molecule has 200 valence electrons. The highest BCUT2D eigenvalue weighted by molar-refractivity contribution is 7.97. The van der Waals surface area contributed by atoms with Crippen molar-refractivity contribution in [2.24, 2.45) is 0 Å². The van der Waals surface area contributed by atoms with Gasteiger partial charge in [0.25, 0.3) is 5.91 Å². The summed E-state index contributed by atoms with van der Waals surface area (Å²) in [7, 11) is 0. The van der Waals surface area contributed by atoms with Gasteiger partial charge in [-0.2, -0.15) is 13.2 Å². The molecule has 0 bridgehead atoms. The van der Waals surface area contributed by atoms with Crippen LogP contribution in [0.3, 0.4) is 0 Å². The van der Waals surface area contributed by atoms with Crippen molar-refractivity contribution in [3.63, 3.8) is 0 Å². The maximum Gasteiger partial charge on any atom is 0.405 e. The van der Waals surface area contributed by atoms with Gasteiger partial charge in [-0.05, 0) is 53.8 Å². The van der Waals surface area contributed by atoms with Crippen LogP contribution in [0.5, 0.6) is 11.5 Å². The molecule has 0 radical (unpaired) electrons. The average Bonchev–Trinajstić information content (AvgIpc) is 2.83. The lowest BCUT2D eigenvalue weighted by atomic mass is 9.98. The number of nitrogens with zero attached hydrogens (tertiary/aromatic N) is 2. The number of amides is 1. The Morgan fingerprint density at radius 3 is 2.32 bits per heavy atom. The molecule has 9 nitrogen and oxygen atoms in total. The lowest BCUT2D eigenvalue weighted by molar-refractivity contribution is -0.134. The molecule has 5 N–H and O–H groups in total. The van der Waals surface area contributed by atoms with Gasteiger partial charge in [-0.25, -0.2) is 4.31 Å². The van der Waals surface area contributed by atoms with Crippen LogP contribution in [0.25, 0.3) is 0 Å². The molecule has 0 spiro atoms. The molecule has 1 fully saturated rings. The molecule has 2 aromatic carbocycles. The van der Waals surface area contributed by atoms with Crippen LogP contribution in [0.4, 0.5) is 18.9 Å². The number of halogens is 3. The number of carbonyl (C=O) groups excluding carboxylic acids is 1. The Labute approximate surface area is 216 Å². The van der Waals surface area contributed by atoms with E-state index in [4.69, 9.17) is 15.6 Å². The molecule has 1 amide bonds. The van der Waals surface area contributed by atoms with Gasteiger partial charge >= 0.3 is 6.18 Å². The van der Waals surface area contributed by atoms with Crippen LogP contribution in [-0.4, -0.2) is 71.1 Å². The van der Waals surface area contributed by atoms with E-state index in [1.807, 2.05) is 0 Å². The highest BCUT2D eigenvalue weighted by Gasteiger charge is 2.31. The predicted octanol–water partition coefficient (Wildman–Crippen LogP) is 4.05. The van der Waals surface area contributed by atoms with Gasteiger partial charge in [0.15, 0.2) is 5.84 Å². The van der Waals surface area contributed by atoms with E-state index in [0.29, 0.717) is 18.8 Å². The van der Waals surface area contributed by atoms with Gasteiger partial charge in [0.05, 0.1) is 18.8 Å². The molecule has 1 aliphatic rings. The molecule has 2 aromatic rings. The van der Waals surface area contributed by atoms with Crippen LogP contribution in [0, 0.1) is 10.8 Å². The highest BCUT2D eigenvalue weighted by atomic mass is 32.2. The molecule has 37 heavy (non-hydrogen) atoms. The number of alkyl halides is 3. The van der Waals surface area contributed by atoms with E-state index in [1.54, 1.807) is 31.3 Å². The SMILES string of the molecule is CC(C)c1cc(C(=N)N(C(=N)C(=O)NCC(F)(F)F)c2ccc(SN3CCOCC3)cc2)c(O)cc1O. The summed E-state index contributed by atoms with van der Waals surface area (Å²) in [5, 5.41) is 39.3. The number of phenolic OH excluding ortho intramolecular Hbond substituents is 2. The normalized spacial score (nSPS) is 14.4. The number of benzene rings is 2. The number of ether oxygens (including phenoxy) is 1. The predicted molar refractivity (Wildman–Crippen MR) is 135 cm³/mol. The van der Waals surface area contributed by atoms with E-state index in [0.717, 1.165) is 29.0 Å². The molecule has 1 heterocycles. The molecule has 3 rings (SSSR count). The summed E-state index contributed by atoms with van der Waals surface area (Å²) in [4.78, 5) is 14.2. The molecule has 0 atom stereocenters. The fourth-order valence-electron chi connectivity index (χ4n) is 3.55. The van der Waals surface area contributed by atoms with Crippen molar-refractivity contribution in [3.05, 3.63) is 47.5 Å². The van der Waals surface area contributed by atoms with Gasteiger partial charge < -0.3 is 20.3 Å². The van der Waals surface area contributed by atoms with Crippen LogP contribution >= 0.6 is 11.9 Å². The maximum absolute atomic E-state index is 12.7. The standard InChI is InChI=1S/C24H28F3N5O4S/c1-14(2)17-11-18(20(34)12-19(17)33)21(28)32(22(29)23(35)30-13-24(25,26)27)15-3-5-16(6-4-15)37-31-7-9-36-10-8-31/h3-6,11-12,14,28-29,33-34H,7-10,13H2,1-2H3,(H,30,35). The Morgan fingerprint density at radius 1 is 1.14 bits per heavy atom. The number of rotatable bonds is 6. The van der Waals surface area contributed by atoms with Gasteiger partial charge in [-0.15, -0.1) is 0 Å². The molecule has 1 aliphatic heterocycles. The quantitative estimate of drug-likeness (QED) is 0.213. The Morgan fingerprint density at radius 2 is 1.76 bits per heavy atom. The van der Waals surface area contributed by atoms with Crippen LogP contribution in [0.2, 0.25) is 0 Å². The van der Waals surface area contributed by atoms with Gasteiger partial charge in [-0.1, -0.05) is 13.8 Å². The van der Waals surface area contributed by atoms with Crippen molar-refractivity contribution in [3.8, 4) is 11.5 Å². The van der Waals surface area contributed by atoms with Crippen molar-refractivity contribution >= 4 is 35.2 Å². The van der Waals surface area contributed by atoms with E-state index in [9.17, 15) is 28.2 Å². The number of amidine groups is 2. The number of nitrogens with one attached hydrogen (secondary N) is 3. The minimum Gasteiger partial charge on any atom is -0.508 e. The molecule has 0 aliphatic carbocycles. The smallest absolute Gasteiger partial charge is 0.405 e. The van der Waals surface area contributed by atoms with Gasteiger partial charge in [-0.3, -0.25) is 20.5 Å². The van der Waals surface area contributed by atoms with E-state index in [-0.39, 0.29) is 22.9 Å². The molecule has 1 saturated heterocycles. The molecule has 0 unspecified atom stereocenters. The van der Waals surface area contributed by atoms with Crippen molar-refractivity contribution in [2.45, 2.75) is 30.8 Å². The molecule has 0 aromatic heterocycles. The fourth-order valence-corrected chi connectivity index (χ4v) is 4.43. The van der Waals surface area contributed by atoms with Gasteiger partial charge in [0.2, 0.25) is 0 Å². The highest BCUT2D eigenvalue weighted by Crippen LogP contribution is 2.34. The third kappa shape index (κ3) is 7.37. The Kier molecular flexibility index (Phi) is 9.05. The van der Waals surface area contributed by atoms with Gasteiger partial charge in [0, 0.05) is 29.7 Å². The van der Waals surface area contributed by atoms with E-state index < -0.39 is 36.0 Å². The third-order valence-electron chi connectivity index (χ3n) is 5.43. The first-order valence-electron chi connectivity index (χ1n) is 11.4. The summed E-state index contributed by atoms with van der Waals surface area (Å²) in [6.45, 7) is 4.59. The Hall–Kier alpha value is -3.29. The van der Waals surface area contributed by atoms with E-state index in [2.05, 4.69) is 4.31 Å². The lowest BCUT2D eigenvalue weighted by Gasteiger charge is -2.27. The second kappa shape index (κ2) is 11.8. The van der Waals surface area contributed by atoms with Crippen molar-refractivity contribution in [2.75, 3.05) is 37.7 Å². The lowest BCUT2D eigenvalue weighted by Crippen LogP contribution is -2.48. The van der Waals surface area contributed by atoms with E-state index >= 15 is 0 Å². The van der Waals surface area contributed by atoms with Crippen LogP contribution < -0.4 is 10.2 Å². The monoisotopic (exact) mass is 539 g/mol. The summed E-state index contributed by atoms with van der Waals surface area (Å²) in [6.07, 6.45) is -4.69. The summed E-state index contributed by atoms with van der Waals surface area (Å²) in [5.41, 5.74) is 0.450. The van der Waals surface area contributed by atoms with E-state index in [1.165, 1.54) is 30.1 Å². The first-order valence-corrected chi connectivity index (χ1v) is 12.1. The number of hydrogen-bond acceptors (Lipinski definition) is 8. The summed E-state index contributed by atoms with van der Waals surface area (Å²) < 4.78 is 45.4. The number of anilines is 1. The number of morpholine rings is 1. The molecule has 0 saturated carbocycles. The number of aromatic hydroxyl groups is 2. The summed E-state index contributed by atoms with van der Waals surface area (Å²) in [5.74, 6) is -3.69. The van der Waals surface area contributed by atoms with Gasteiger partial charge in [0.1, 0.15) is 23.9 Å². The van der Waals surface area contributed by atoms with Crippen molar-refractivity contribution in [1.29, 1.82) is 10.8 Å². The number of carbonyl (C=O) groups is 1. The number of phenols is 2. The largest absolute Gasteiger partial charge is 0.508 e. The van der Waals surface area contributed by atoms with Crippen molar-refractivity contribution in [1.82, 2.24) is 9.62 Å². The Bertz CT molecular complexity index is 1150. The zero-order valence-electron chi connectivity index (χ0n) is 20.2. The zero-order chi connectivity index (χ0) is 27.3. The second-order valence-electron chi connectivity index (χ2n) is 8.54. The topological polar surface area (TPSA) is 133 Å². The Balaban J connectivity index is 1.95. The van der Waals surface area contributed by atoms with Crippen LogP contribution in [-0.2, 0) is 9.53 Å². The molecular formula is C24H28F3N5O4S. The minimum absolute atomic E-state index is 0.110. The summed E-state index contributed by atoms with van der Waals surface area (Å²) >= 11 is 1.48. The zero-order valence-corrected chi connectivity index (χ0v) is 21.0.